The fourth-order valence-corrected chi connectivity index (χ4v) is 3.41. The zero-order valence-corrected chi connectivity index (χ0v) is 19.8. The van der Waals surface area contributed by atoms with Crippen LogP contribution in [0.4, 0.5) is 27.5 Å². The maximum absolute atomic E-state index is 12.6. The van der Waals surface area contributed by atoms with E-state index in [4.69, 9.17) is 15.2 Å². The summed E-state index contributed by atoms with van der Waals surface area (Å²) in [5, 5.41) is 8.24. The average Bonchev–Trinajstić information content (AvgIpc) is 2.83. The number of carbonyl (C=O) groups is 3. The minimum absolute atomic E-state index is 0.203. The Labute approximate surface area is 203 Å². The Kier molecular flexibility index (Phi) is 8.29. The smallest absolute Gasteiger partial charge is 0.323 e. The van der Waals surface area contributed by atoms with Gasteiger partial charge in [0, 0.05) is 35.1 Å². The van der Waals surface area contributed by atoms with Gasteiger partial charge in [0.2, 0.25) is 5.91 Å². The third-order valence-corrected chi connectivity index (χ3v) is 5.17. The molecule has 0 saturated carbocycles. The molecule has 3 rings (SSSR count). The molecular weight excluding hydrogens is 448 g/mol. The molecule has 35 heavy (non-hydrogen) atoms. The van der Waals surface area contributed by atoms with Crippen LogP contribution in [0.1, 0.15) is 29.3 Å². The Hall–Kier alpha value is -4.53. The van der Waals surface area contributed by atoms with Gasteiger partial charge >= 0.3 is 6.03 Å². The van der Waals surface area contributed by atoms with E-state index in [1.807, 2.05) is 12.1 Å². The molecule has 0 aliphatic rings. The highest BCUT2D eigenvalue weighted by Gasteiger charge is 2.16. The molecule has 9 heteroatoms. The minimum atomic E-state index is -0.390. The van der Waals surface area contributed by atoms with Gasteiger partial charge in [0.1, 0.15) is 0 Å². The fourth-order valence-electron chi connectivity index (χ4n) is 3.41. The Morgan fingerprint density at radius 2 is 1.49 bits per heavy atom. The van der Waals surface area contributed by atoms with E-state index in [-0.39, 0.29) is 24.1 Å². The molecular formula is C26H28N4O5. The van der Waals surface area contributed by atoms with Crippen molar-refractivity contribution in [1.82, 2.24) is 0 Å². The van der Waals surface area contributed by atoms with E-state index in [0.717, 1.165) is 5.56 Å². The van der Waals surface area contributed by atoms with Crippen LogP contribution in [0.15, 0.2) is 60.7 Å². The molecule has 0 spiro atoms. The summed E-state index contributed by atoms with van der Waals surface area (Å²) in [7, 11) is 2.96. The number of aryl methyl sites for hydroxylation is 1. The number of Topliss-reactive ketones (excluding diaryl/α,β-unsaturated/α-hetero) is 1. The highest BCUT2D eigenvalue weighted by atomic mass is 16.5. The number of ketones is 1. The molecule has 0 bridgehead atoms. The number of nitrogens with two attached hydrogens (primary N) is 1. The lowest BCUT2D eigenvalue weighted by Crippen LogP contribution is -2.19. The fraction of sp³-hybridized carbons (Fsp3) is 0.192. The Balaban J connectivity index is 1.56. The van der Waals surface area contributed by atoms with E-state index in [1.54, 1.807) is 48.5 Å². The number of urea groups is 1. The van der Waals surface area contributed by atoms with Gasteiger partial charge in [0.25, 0.3) is 0 Å². The van der Waals surface area contributed by atoms with E-state index < -0.39 is 0 Å². The van der Waals surface area contributed by atoms with Gasteiger partial charge in [-0.25, -0.2) is 4.79 Å². The van der Waals surface area contributed by atoms with Crippen molar-refractivity contribution in [2.45, 2.75) is 19.8 Å². The van der Waals surface area contributed by atoms with Crippen molar-refractivity contribution < 1.29 is 23.9 Å². The number of benzene rings is 3. The van der Waals surface area contributed by atoms with Crippen molar-refractivity contribution >= 4 is 40.5 Å². The van der Waals surface area contributed by atoms with Crippen LogP contribution in [-0.4, -0.2) is 31.9 Å². The lowest BCUT2D eigenvalue weighted by atomic mass is 10.1. The molecule has 0 saturated heterocycles. The second-order valence-corrected chi connectivity index (χ2v) is 7.76. The third kappa shape index (κ3) is 6.97. The van der Waals surface area contributed by atoms with Crippen LogP contribution in [0.2, 0.25) is 0 Å². The average molecular weight is 477 g/mol. The molecule has 9 nitrogen and oxygen atoms in total. The maximum Gasteiger partial charge on any atom is 0.323 e. The molecule has 0 aromatic heterocycles. The van der Waals surface area contributed by atoms with Gasteiger partial charge in [-0.1, -0.05) is 18.2 Å². The van der Waals surface area contributed by atoms with Gasteiger partial charge in [-0.2, -0.15) is 0 Å². The second-order valence-electron chi connectivity index (χ2n) is 7.76. The molecule has 5 N–H and O–H groups in total. The topological polar surface area (TPSA) is 132 Å². The number of hydrogen-bond acceptors (Lipinski definition) is 6. The summed E-state index contributed by atoms with van der Waals surface area (Å²) in [5.74, 6) is 0.370. The quantitative estimate of drug-likeness (QED) is 0.261. The summed E-state index contributed by atoms with van der Waals surface area (Å²) in [6.45, 7) is 1.42. The van der Waals surface area contributed by atoms with Crippen LogP contribution in [0.25, 0.3) is 0 Å². The normalized spacial score (nSPS) is 10.3. The largest absolute Gasteiger partial charge is 0.493 e. The van der Waals surface area contributed by atoms with Crippen molar-refractivity contribution in [1.29, 1.82) is 0 Å². The molecule has 0 radical (unpaired) electrons. The number of anilines is 4. The predicted molar refractivity (Wildman–Crippen MR) is 136 cm³/mol. The Morgan fingerprint density at radius 3 is 2.11 bits per heavy atom. The third-order valence-electron chi connectivity index (χ3n) is 5.17. The first-order valence-corrected chi connectivity index (χ1v) is 10.9. The number of nitrogens with one attached hydrogen (secondary N) is 3. The zero-order chi connectivity index (χ0) is 25.4. The number of methoxy groups -OCH3 is 2. The van der Waals surface area contributed by atoms with E-state index in [2.05, 4.69) is 16.0 Å². The SMILES string of the molecule is COc1cc(NC(=O)CCc2ccc(NC(=O)Nc3cccc(N)c3)cc2)c(C(C)=O)cc1OC. The van der Waals surface area contributed by atoms with Gasteiger partial charge in [-0.15, -0.1) is 0 Å². The standard InChI is InChI=1S/C26H28N4O5/c1-16(31)21-14-23(34-2)24(35-3)15-22(21)30-25(32)12-9-17-7-10-19(11-8-17)28-26(33)29-20-6-4-5-18(27)13-20/h4-8,10-11,13-15H,9,12,27H2,1-3H3,(H,30,32)(H2,28,29,33). The van der Waals surface area contributed by atoms with Crippen LogP contribution < -0.4 is 31.2 Å². The zero-order valence-electron chi connectivity index (χ0n) is 19.8. The van der Waals surface area contributed by atoms with Crippen LogP contribution in [-0.2, 0) is 11.2 Å². The number of hydrogen-bond donors (Lipinski definition) is 4. The lowest BCUT2D eigenvalue weighted by molar-refractivity contribution is -0.116. The highest BCUT2D eigenvalue weighted by Crippen LogP contribution is 2.33. The predicted octanol–water partition coefficient (Wildman–Crippen LogP) is 4.70. The Bertz CT molecular complexity index is 1220. The molecule has 3 aromatic rings. The van der Waals surface area contributed by atoms with Crippen molar-refractivity contribution in [2.75, 3.05) is 35.9 Å². The van der Waals surface area contributed by atoms with Crippen LogP contribution in [0, 0.1) is 0 Å². The number of ether oxygens (including phenoxy) is 2. The van der Waals surface area contributed by atoms with Crippen LogP contribution in [0.5, 0.6) is 11.5 Å². The maximum atomic E-state index is 12.6. The van der Waals surface area contributed by atoms with Gasteiger partial charge in [0.15, 0.2) is 17.3 Å². The number of amides is 3. The number of rotatable bonds is 9. The van der Waals surface area contributed by atoms with Gasteiger partial charge in [0.05, 0.1) is 19.9 Å². The van der Waals surface area contributed by atoms with E-state index in [9.17, 15) is 14.4 Å². The molecule has 182 valence electrons. The van der Waals surface area contributed by atoms with Gasteiger partial charge < -0.3 is 31.2 Å². The van der Waals surface area contributed by atoms with E-state index in [0.29, 0.717) is 46.2 Å². The Morgan fingerprint density at radius 1 is 0.829 bits per heavy atom. The summed E-state index contributed by atoms with van der Waals surface area (Å²) in [6, 6.07) is 16.8. The second kappa shape index (κ2) is 11.6. The lowest BCUT2D eigenvalue weighted by Gasteiger charge is -2.14. The van der Waals surface area contributed by atoms with Gasteiger partial charge in [-0.3, -0.25) is 9.59 Å². The molecule has 0 heterocycles. The van der Waals surface area contributed by atoms with Crippen LogP contribution >= 0.6 is 0 Å². The summed E-state index contributed by atoms with van der Waals surface area (Å²) in [6.07, 6.45) is 0.679. The van der Waals surface area contributed by atoms with Crippen molar-refractivity contribution in [3.05, 3.63) is 71.8 Å². The monoisotopic (exact) mass is 476 g/mol. The van der Waals surface area contributed by atoms with Crippen molar-refractivity contribution in [3.8, 4) is 11.5 Å². The van der Waals surface area contributed by atoms with Gasteiger partial charge in [-0.05, 0) is 55.3 Å². The summed E-state index contributed by atoms with van der Waals surface area (Å²) < 4.78 is 10.5. The van der Waals surface area contributed by atoms with Crippen molar-refractivity contribution in [2.24, 2.45) is 0 Å². The highest BCUT2D eigenvalue weighted by molar-refractivity contribution is 6.04. The molecule has 0 unspecified atom stereocenters. The summed E-state index contributed by atoms with van der Waals surface area (Å²) >= 11 is 0. The molecule has 3 aromatic carbocycles. The minimum Gasteiger partial charge on any atom is -0.493 e. The van der Waals surface area contributed by atoms with E-state index in [1.165, 1.54) is 21.1 Å². The van der Waals surface area contributed by atoms with E-state index >= 15 is 0 Å². The number of carbonyl (C=O) groups excluding carboxylic acids is 3. The van der Waals surface area contributed by atoms with Crippen LogP contribution in [0.3, 0.4) is 0 Å². The molecule has 0 aliphatic heterocycles. The molecule has 0 fully saturated rings. The number of nitrogen functional groups attached to an aromatic ring is 1. The first-order chi connectivity index (χ1) is 16.8. The molecule has 0 atom stereocenters. The summed E-state index contributed by atoms with van der Waals surface area (Å²) in [5.41, 5.74) is 9.09. The first-order valence-electron chi connectivity index (χ1n) is 10.9. The molecule has 0 aliphatic carbocycles. The summed E-state index contributed by atoms with van der Waals surface area (Å²) in [4.78, 5) is 36.8. The van der Waals surface area contributed by atoms with Crippen molar-refractivity contribution in [3.63, 3.8) is 0 Å². The first kappa shape index (κ1) is 25.1. The molecule has 3 amide bonds.